The third-order valence-corrected chi connectivity index (χ3v) is 5.40. The number of nitrogens with zero attached hydrogens (tertiary/aromatic N) is 2. The fourth-order valence-corrected chi connectivity index (χ4v) is 3.72. The molecule has 0 radical (unpaired) electrons. The van der Waals surface area contributed by atoms with Gasteiger partial charge in [0.05, 0.1) is 6.61 Å². The lowest BCUT2D eigenvalue weighted by Crippen LogP contribution is -2.46. The van der Waals surface area contributed by atoms with Crippen LogP contribution in [0.5, 0.6) is 5.75 Å². The predicted octanol–water partition coefficient (Wildman–Crippen LogP) is 4.24. The van der Waals surface area contributed by atoms with Gasteiger partial charge in [-0.1, -0.05) is 11.6 Å². The summed E-state index contributed by atoms with van der Waals surface area (Å²) >= 11 is 11.2. The molecule has 0 aromatic heterocycles. The number of piperazine rings is 1. The maximum Gasteiger partial charge on any atom is 0.170 e. The minimum Gasteiger partial charge on any atom is -0.494 e. The molecule has 0 amide bonds. The molecule has 0 aliphatic carbocycles. The molecule has 156 valence electrons. The fourth-order valence-electron chi connectivity index (χ4n) is 3.33. The largest absolute Gasteiger partial charge is 0.494 e. The Balaban J connectivity index is 1.32. The Morgan fingerprint density at radius 3 is 2.38 bits per heavy atom. The van der Waals surface area contributed by atoms with Gasteiger partial charge in [0.25, 0.3) is 0 Å². The molecule has 0 bridgehead atoms. The third-order valence-electron chi connectivity index (χ3n) is 4.90. The van der Waals surface area contributed by atoms with E-state index in [1.807, 2.05) is 43.3 Å². The molecule has 5 nitrogen and oxygen atoms in total. The average molecular weight is 433 g/mol. The number of halogens is 1. The molecule has 1 fully saturated rings. The van der Waals surface area contributed by atoms with E-state index in [0.717, 1.165) is 68.8 Å². The second-order valence-corrected chi connectivity index (χ2v) is 7.86. The zero-order valence-corrected chi connectivity index (χ0v) is 18.4. The third kappa shape index (κ3) is 7.07. The Hall–Kier alpha value is -2.02. The van der Waals surface area contributed by atoms with Crippen LogP contribution in [0.1, 0.15) is 13.3 Å². The van der Waals surface area contributed by atoms with Crippen LogP contribution in [0.15, 0.2) is 48.5 Å². The van der Waals surface area contributed by atoms with E-state index in [0.29, 0.717) is 5.11 Å². The van der Waals surface area contributed by atoms with Crippen molar-refractivity contribution in [1.29, 1.82) is 0 Å². The molecule has 1 aliphatic heterocycles. The summed E-state index contributed by atoms with van der Waals surface area (Å²) in [5.74, 6) is 0.887. The van der Waals surface area contributed by atoms with Gasteiger partial charge < -0.3 is 20.3 Å². The lowest BCUT2D eigenvalue weighted by atomic mass is 10.2. The van der Waals surface area contributed by atoms with Crippen molar-refractivity contribution in [2.24, 2.45) is 0 Å². The van der Waals surface area contributed by atoms with Gasteiger partial charge in [-0.05, 0) is 74.1 Å². The molecule has 1 aliphatic rings. The van der Waals surface area contributed by atoms with Crippen molar-refractivity contribution >= 4 is 40.3 Å². The number of nitrogens with one attached hydrogen (secondary N) is 2. The van der Waals surface area contributed by atoms with E-state index in [9.17, 15) is 0 Å². The zero-order chi connectivity index (χ0) is 20.5. The summed E-state index contributed by atoms with van der Waals surface area (Å²) < 4.78 is 5.88. The van der Waals surface area contributed by atoms with E-state index < -0.39 is 0 Å². The van der Waals surface area contributed by atoms with Crippen LogP contribution in [-0.4, -0.2) is 55.9 Å². The van der Waals surface area contributed by atoms with Gasteiger partial charge in [0.1, 0.15) is 5.75 Å². The first-order valence-corrected chi connectivity index (χ1v) is 10.9. The van der Waals surface area contributed by atoms with Crippen molar-refractivity contribution in [2.45, 2.75) is 13.3 Å². The van der Waals surface area contributed by atoms with Crippen molar-refractivity contribution in [3.63, 3.8) is 0 Å². The van der Waals surface area contributed by atoms with E-state index in [2.05, 4.69) is 32.6 Å². The Kier molecular flexibility index (Phi) is 8.40. The second-order valence-electron chi connectivity index (χ2n) is 7.02. The summed E-state index contributed by atoms with van der Waals surface area (Å²) in [4.78, 5) is 4.92. The molecule has 29 heavy (non-hydrogen) atoms. The molecular weight excluding hydrogens is 404 g/mol. The predicted molar refractivity (Wildman–Crippen MR) is 127 cm³/mol. The van der Waals surface area contributed by atoms with Gasteiger partial charge in [0.2, 0.25) is 0 Å². The van der Waals surface area contributed by atoms with Crippen LogP contribution in [0.4, 0.5) is 11.4 Å². The van der Waals surface area contributed by atoms with Crippen LogP contribution in [0.25, 0.3) is 0 Å². The first kappa shape index (κ1) is 21.7. The first-order valence-electron chi connectivity index (χ1n) is 10.1. The Labute approximate surface area is 184 Å². The average Bonchev–Trinajstić information content (AvgIpc) is 2.74. The molecule has 2 aromatic rings. The summed E-state index contributed by atoms with van der Waals surface area (Å²) in [6, 6.07) is 16.0. The molecule has 7 heteroatoms. The number of thiocarbonyl (C=S) groups is 1. The summed E-state index contributed by atoms with van der Waals surface area (Å²) in [5, 5.41) is 7.64. The van der Waals surface area contributed by atoms with Gasteiger partial charge in [0.15, 0.2) is 5.11 Å². The minimum absolute atomic E-state index is 0.636. The van der Waals surface area contributed by atoms with E-state index in [1.54, 1.807) is 0 Å². The minimum atomic E-state index is 0.636. The zero-order valence-electron chi connectivity index (χ0n) is 16.9. The summed E-state index contributed by atoms with van der Waals surface area (Å²) in [5.41, 5.74) is 2.21. The Morgan fingerprint density at radius 2 is 1.72 bits per heavy atom. The topological polar surface area (TPSA) is 39.8 Å². The van der Waals surface area contributed by atoms with Crippen LogP contribution in [0.2, 0.25) is 5.02 Å². The van der Waals surface area contributed by atoms with Crippen LogP contribution < -0.4 is 20.3 Å². The molecule has 1 saturated heterocycles. The van der Waals surface area contributed by atoms with Crippen molar-refractivity contribution < 1.29 is 4.74 Å². The molecule has 0 saturated carbocycles. The quantitative estimate of drug-likeness (QED) is 0.480. The van der Waals surface area contributed by atoms with Gasteiger partial charge in [-0.15, -0.1) is 0 Å². The summed E-state index contributed by atoms with van der Waals surface area (Å²) in [6.07, 6.45) is 1.02. The highest BCUT2D eigenvalue weighted by Crippen LogP contribution is 2.20. The van der Waals surface area contributed by atoms with Crippen molar-refractivity contribution in [3.8, 4) is 5.75 Å². The monoisotopic (exact) mass is 432 g/mol. The number of rotatable bonds is 8. The number of ether oxygens (including phenoxy) is 1. The fraction of sp³-hybridized carbons (Fsp3) is 0.409. The van der Waals surface area contributed by atoms with Gasteiger partial charge in [-0.3, -0.25) is 4.90 Å². The Bertz CT molecular complexity index is 761. The number of benzene rings is 2. The lowest BCUT2D eigenvalue weighted by molar-refractivity contribution is 0.225. The number of anilines is 2. The smallest absolute Gasteiger partial charge is 0.170 e. The van der Waals surface area contributed by atoms with E-state index in [4.69, 9.17) is 28.6 Å². The molecule has 0 unspecified atom stereocenters. The van der Waals surface area contributed by atoms with Crippen LogP contribution >= 0.6 is 23.8 Å². The summed E-state index contributed by atoms with van der Waals surface area (Å²) in [7, 11) is 0. The van der Waals surface area contributed by atoms with Crippen LogP contribution in [-0.2, 0) is 0 Å². The van der Waals surface area contributed by atoms with Crippen LogP contribution in [0.3, 0.4) is 0 Å². The van der Waals surface area contributed by atoms with E-state index >= 15 is 0 Å². The lowest BCUT2D eigenvalue weighted by Gasteiger charge is -2.36. The van der Waals surface area contributed by atoms with Gasteiger partial charge in [-0.2, -0.15) is 0 Å². The second kappa shape index (κ2) is 11.2. The normalized spacial score (nSPS) is 14.5. The maximum absolute atomic E-state index is 5.98. The Morgan fingerprint density at radius 1 is 1.03 bits per heavy atom. The van der Waals surface area contributed by atoms with Crippen molar-refractivity contribution in [2.75, 3.05) is 56.1 Å². The molecule has 0 spiro atoms. The molecule has 3 rings (SSSR count). The van der Waals surface area contributed by atoms with Gasteiger partial charge >= 0.3 is 0 Å². The van der Waals surface area contributed by atoms with Gasteiger partial charge in [0, 0.05) is 55.7 Å². The SMILES string of the molecule is CCNC(=S)Nc1ccc(OCCCN2CCN(c3ccc(Cl)cc3)CC2)cc1. The maximum atomic E-state index is 5.98. The highest BCUT2D eigenvalue weighted by Gasteiger charge is 2.16. The van der Waals surface area contributed by atoms with Crippen molar-refractivity contribution in [1.82, 2.24) is 10.2 Å². The standard InChI is InChI=1S/C22H29ClN4OS/c1-2-24-22(29)25-19-6-10-21(11-7-19)28-17-3-12-26-13-15-27(16-14-26)20-8-4-18(23)5-9-20/h4-11H,2-3,12-17H2,1H3,(H2,24,25,29). The number of hydrogen-bond donors (Lipinski definition) is 2. The molecule has 1 heterocycles. The molecular formula is C22H29ClN4OS. The highest BCUT2D eigenvalue weighted by molar-refractivity contribution is 7.80. The highest BCUT2D eigenvalue weighted by atomic mass is 35.5. The van der Waals surface area contributed by atoms with E-state index in [1.165, 1.54) is 5.69 Å². The molecule has 2 aromatic carbocycles. The van der Waals surface area contributed by atoms with Crippen LogP contribution in [0, 0.1) is 0 Å². The summed E-state index contributed by atoms with van der Waals surface area (Å²) in [6.45, 7) is 8.86. The molecule has 0 atom stereocenters. The molecule has 2 N–H and O–H groups in total. The first-order chi connectivity index (χ1) is 14.1. The number of hydrogen-bond acceptors (Lipinski definition) is 4. The van der Waals surface area contributed by atoms with E-state index in [-0.39, 0.29) is 0 Å². The van der Waals surface area contributed by atoms with Crippen molar-refractivity contribution in [3.05, 3.63) is 53.6 Å². The van der Waals surface area contributed by atoms with Gasteiger partial charge in [-0.25, -0.2) is 0 Å².